The van der Waals surface area contributed by atoms with Crippen LogP contribution in [0.25, 0.3) is 0 Å². The van der Waals surface area contributed by atoms with E-state index >= 15 is 0 Å². The molecule has 1 aromatic carbocycles. The number of likely N-dealkylation sites (N-methyl/N-ethyl adjacent to an activating group) is 1. The lowest BCUT2D eigenvalue weighted by atomic mass is 9.93. The zero-order valence-corrected chi connectivity index (χ0v) is 13.5. The zero-order chi connectivity index (χ0) is 15.9. The number of likely N-dealkylation sites (tertiary alicyclic amines) is 1. The average molecular weight is 302 g/mol. The number of carbonyl (C=O) groups excluding carboxylic acids is 1. The summed E-state index contributed by atoms with van der Waals surface area (Å²) in [6.07, 6.45) is 5.40. The quantitative estimate of drug-likeness (QED) is 0.842. The number of amides is 1. The van der Waals surface area contributed by atoms with Crippen LogP contribution in [-0.2, 0) is 11.2 Å². The summed E-state index contributed by atoms with van der Waals surface area (Å²) in [6.45, 7) is 1.46. The summed E-state index contributed by atoms with van der Waals surface area (Å²) in [5, 5.41) is 10.3. The van der Waals surface area contributed by atoms with Crippen LogP contribution in [0.2, 0.25) is 0 Å². The molecule has 2 atom stereocenters. The van der Waals surface area contributed by atoms with E-state index in [4.69, 9.17) is 0 Å². The minimum Gasteiger partial charge on any atom is -0.391 e. The molecular formula is C18H26N2O2. The first-order valence-electron chi connectivity index (χ1n) is 7.92. The van der Waals surface area contributed by atoms with E-state index in [1.54, 1.807) is 6.08 Å². The van der Waals surface area contributed by atoms with Crippen LogP contribution in [-0.4, -0.2) is 60.1 Å². The number of hydrogen-bond donors (Lipinski definition) is 1. The van der Waals surface area contributed by atoms with Gasteiger partial charge in [-0.1, -0.05) is 36.4 Å². The molecule has 0 spiro atoms. The number of benzene rings is 1. The number of aliphatic hydroxyl groups excluding tert-OH is 1. The minimum atomic E-state index is -0.444. The van der Waals surface area contributed by atoms with E-state index in [0.29, 0.717) is 6.42 Å². The van der Waals surface area contributed by atoms with Gasteiger partial charge in [-0.25, -0.2) is 0 Å². The Morgan fingerprint density at radius 3 is 2.77 bits per heavy atom. The van der Waals surface area contributed by atoms with E-state index in [0.717, 1.165) is 31.5 Å². The van der Waals surface area contributed by atoms with Crippen molar-refractivity contribution in [3.63, 3.8) is 0 Å². The molecule has 1 amide bonds. The summed E-state index contributed by atoms with van der Waals surface area (Å²) in [6, 6.07) is 9.93. The first-order chi connectivity index (χ1) is 10.6. The second-order valence-electron chi connectivity index (χ2n) is 6.16. The smallest absolute Gasteiger partial charge is 0.246 e. The molecule has 4 heteroatoms. The molecule has 1 saturated heterocycles. The van der Waals surface area contributed by atoms with Gasteiger partial charge in [-0.3, -0.25) is 4.79 Å². The van der Waals surface area contributed by atoms with Crippen LogP contribution in [0.4, 0.5) is 0 Å². The highest BCUT2D eigenvalue weighted by molar-refractivity contribution is 5.88. The van der Waals surface area contributed by atoms with Gasteiger partial charge in [0.1, 0.15) is 0 Å². The van der Waals surface area contributed by atoms with Crippen LogP contribution in [0.1, 0.15) is 18.4 Å². The molecule has 0 unspecified atom stereocenters. The fourth-order valence-electron chi connectivity index (χ4n) is 2.87. The Hall–Kier alpha value is -1.65. The minimum absolute atomic E-state index is 0.00142. The molecular weight excluding hydrogens is 276 g/mol. The number of rotatable bonds is 5. The van der Waals surface area contributed by atoms with Gasteiger partial charge < -0.3 is 14.9 Å². The third-order valence-electron chi connectivity index (χ3n) is 4.05. The van der Waals surface area contributed by atoms with Crippen molar-refractivity contribution in [2.75, 3.05) is 27.2 Å². The number of piperidine rings is 1. The van der Waals surface area contributed by atoms with Crippen LogP contribution < -0.4 is 0 Å². The Balaban J connectivity index is 2.06. The van der Waals surface area contributed by atoms with Gasteiger partial charge in [-0.15, -0.1) is 0 Å². The molecule has 1 aliphatic heterocycles. The first kappa shape index (κ1) is 16.7. The van der Waals surface area contributed by atoms with Gasteiger partial charge in [0, 0.05) is 19.2 Å². The molecule has 1 aliphatic rings. The van der Waals surface area contributed by atoms with Crippen LogP contribution >= 0.6 is 0 Å². The zero-order valence-electron chi connectivity index (χ0n) is 13.5. The lowest BCUT2D eigenvalue weighted by Crippen LogP contribution is -2.51. The van der Waals surface area contributed by atoms with E-state index in [9.17, 15) is 9.90 Å². The molecule has 1 heterocycles. The summed E-state index contributed by atoms with van der Waals surface area (Å²) in [7, 11) is 3.94. The Kier molecular flexibility index (Phi) is 6.16. The maximum absolute atomic E-state index is 12.4. The predicted molar refractivity (Wildman–Crippen MR) is 88.6 cm³/mol. The van der Waals surface area contributed by atoms with E-state index in [1.807, 2.05) is 60.3 Å². The second-order valence-corrected chi connectivity index (χ2v) is 6.16. The van der Waals surface area contributed by atoms with Crippen molar-refractivity contribution >= 4 is 5.91 Å². The molecule has 1 fully saturated rings. The molecule has 2 rings (SSSR count). The van der Waals surface area contributed by atoms with Crippen molar-refractivity contribution < 1.29 is 9.90 Å². The Morgan fingerprint density at radius 2 is 2.09 bits per heavy atom. The maximum atomic E-state index is 12.4. The van der Waals surface area contributed by atoms with Gasteiger partial charge in [0.05, 0.1) is 12.1 Å². The molecule has 0 aromatic heterocycles. The van der Waals surface area contributed by atoms with Gasteiger partial charge in [0.2, 0.25) is 5.91 Å². The highest BCUT2D eigenvalue weighted by Gasteiger charge is 2.32. The molecule has 1 aromatic rings. The summed E-state index contributed by atoms with van der Waals surface area (Å²) in [5.74, 6) is 0.00142. The first-order valence-corrected chi connectivity index (χ1v) is 7.92. The van der Waals surface area contributed by atoms with Crippen LogP contribution in [0.15, 0.2) is 42.5 Å². The molecule has 0 radical (unpaired) electrons. The van der Waals surface area contributed by atoms with Crippen molar-refractivity contribution in [3.05, 3.63) is 48.0 Å². The van der Waals surface area contributed by atoms with E-state index in [-0.39, 0.29) is 11.9 Å². The van der Waals surface area contributed by atoms with E-state index in [2.05, 4.69) is 0 Å². The Bertz CT molecular complexity index is 499. The largest absolute Gasteiger partial charge is 0.391 e. The third kappa shape index (κ3) is 4.68. The van der Waals surface area contributed by atoms with Crippen LogP contribution in [0.3, 0.4) is 0 Å². The van der Waals surface area contributed by atoms with Crippen molar-refractivity contribution in [1.82, 2.24) is 9.80 Å². The predicted octanol–water partition coefficient (Wildman–Crippen LogP) is 1.70. The van der Waals surface area contributed by atoms with Crippen molar-refractivity contribution in [2.45, 2.75) is 31.4 Å². The fourth-order valence-corrected chi connectivity index (χ4v) is 2.87. The topological polar surface area (TPSA) is 43.8 Å². The van der Waals surface area contributed by atoms with Gasteiger partial charge in [-0.2, -0.15) is 0 Å². The maximum Gasteiger partial charge on any atom is 0.246 e. The lowest BCUT2D eigenvalue weighted by Gasteiger charge is -2.38. The van der Waals surface area contributed by atoms with Crippen LogP contribution in [0, 0.1) is 0 Å². The summed E-state index contributed by atoms with van der Waals surface area (Å²) in [4.78, 5) is 16.3. The van der Waals surface area contributed by atoms with E-state index < -0.39 is 6.10 Å². The Morgan fingerprint density at radius 1 is 1.36 bits per heavy atom. The monoisotopic (exact) mass is 302 g/mol. The summed E-state index contributed by atoms with van der Waals surface area (Å²) in [5.41, 5.74) is 1.16. The van der Waals surface area contributed by atoms with Gasteiger partial charge in [-0.05, 0) is 38.9 Å². The summed E-state index contributed by atoms with van der Waals surface area (Å²) >= 11 is 0. The van der Waals surface area contributed by atoms with Crippen molar-refractivity contribution in [2.24, 2.45) is 0 Å². The molecule has 4 nitrogen and oxygen atoms in total. The van der Waals surface area contributed by atoms with Gasteiger partial charge in [0.15, 0.2) is 0 Å². The average Bonchev–Trinajstić information content (AvgIpc) is 2.50. The normalized spacial score (nSPS) is 22.5. The van der Waals surface area contributed by atoms with Gasteiger partial charge >= 0.3 is 0 Å². The number of hydrogen-bond acceptors (Lipinski definition) is 3. The van der Waals surface area contributed by atoms with Crippen LogP contribution in [0.5, 0.6) is 0 Å². The molecule has 120 valence electrons. The molecule has 0 saturated carbocycles. The molecule has 0 aliphatic carbocycles. The Labute approximate surface area is 133 Å². The SMILES string of the molecule is CN(C)C/C=C/C(=O)N1CCC[C@H](O)[C@@H]1Cc1ccccc1. The van der Waals surface area contributed by atoms with E-state index in [1.165, 1.54) is 0 Å². The highest BCUT2D eigenvalue weighted by atomic mass is 16.3. The van der Waals surface area contributed by atoms with Crippen molar-refractivity contribution in [3.8, 4) is 0 Å². The number of aliphatic hydroxyl groups is 1. The van der Waals surface area contributed by atoms with Gasteiger partial charge in [0.25, 0.3) is 0 Å². The fraction of sp³-hybridized carbons (Fsp3) is 0.500. The highest BCUT2D eigenvalue weighted by Crippen LogP contribution is 2.21. The number of nitrogens with zero attached hydrogens (tertiary/aromatic N) is 2. The second kappa shape index (κ2) is 8.11. The molecule has 1 N–H and O–H groups in total. The standard InChI is InChI=1S/C18H26N2O2/c1-19(2)12-7-11-18(22)20-13-6-10-17(21)16(20)14-15-8-4-3-5-9-15/h3-5,7-9,11,16-17,21H,6,10,12-14H2,1-2H3/b11-7+/t16-,17-/m0/s1. The molecule has 22 heavy (non-hydrogen) atoms. The lowest BCUT2D eigenvalue weighted by molar-refractivity contribution is -0.133. The third-order valence-corrected chi connectivity index (χ3v) is 4.05. The summed E-state index contributed by atoms with van der Waals surface area (Å²) < 4.78 is 0. The van der Waals surface area contributed by atoms with Crippen molar-refractivity contribution in [1.29, 1.82) is 0 Å². The molecule has 0 bridgehead atoms. The number of carbonyl (C=O) groups is 1.